The number of benzene rings is 1. The van der Waals surface area contributed by atoms with Crippen LogP contribution in [0.5, 0.6) is 0 Å². The van der Waals surface area contributed by atoms with Crippen LogP contribution in [-0.2, 0) is 20.7 Å². The Labute approximate surface area is 130 Å². The van der Waals surface area contributed by atoms with E-state index in [0.29, 0.717) is 50.9 Å². The predicted octanol–water partition coefficient (Wildman–Crippen LogP) is 2.56. The molecule has 4 nitrogen and oxygen atoms in total. The summed E-state index contributed by atoms with van der Waals surface area (Å²) < 4.78 is 18.5. The molecule has 1 saturated heterocycles. The van der Waals surface area contributed by atoms with Gasteiger partial charge in [-0.1, -0.05) is 18.2 Å². The summed E-state index contributed by atoms with van der Waals surface area (Å²) in [6, 6.07) is 6.52. The Bertz CT molecular complexity index is 524. The number of hydrogen-bond donors (Lipinski definition) is 0. The monoisotopic (exact) mass is 307 g/mol. The molecule has 0 saturated carbocycles. The van der Waals surface area contributed by atoms with Crippen molar-refractivity contribution < 1.29 is 18.7 Å². The Morgan fingerprint density at radius 1 is 1.27 bits per heavy atom. The van der Waals surface area contributed by atoms with E-state index < -0.39 is 0 Å². The van der Waals surface area contributed by atoms with Crippen LogP contribution in [0.15, 0.2) is 24.3 Å². The summed E-state index contributed by atoms with van der Waals surface area (Å²) in [7, 11) is 0. The second kappa shape index (κ2) is 7.92. The third kappa shape index (κ3) is 4.29. The number of rotatable bonds is 5. The van der Waals surface area contributed by atoms with Crippen molar-refractivity contribution in [1.29, 1.82) is 0 Å². The number of piperidine rings is 1. The molecule has 1 heterocycles. The Hall–Kier alpha value is -1.91. The highest BCUT2D eigenvalue weighted by Gasteiger charge is 2.27. The van der Waals surface area contributed by atoms with Crippen molar-refractivity contribution in [3.8, 4) is 0 Å². The fraction of sp³-hybridized carbons (Fsp3) is 0.529. The zero-order valence-electron chi connectivity index (χ0n) is 12.9. The van der Waals surface area contributed by atoms with Gasteiger partial charge in [-0.3, -0.25) is 9.59 Å². The van der Waals surface area contributed by atoms with Gasteiger partial charge >= 0.3 is 5.97 Å². The topological polar surface area (TPSA) is 46.6 Å². The van der Waals surface area contributed by atoms with E-state index >= 15 is 0 Å². The molecular weight excluding hydrogens is 285 g/mol. The summed E-state index contributed by atoms with van der Waals surface area (Å²) in [4.78, 5) is 25.6. The van der Waals surface area contributed by atoms with Gasteiger partial charge in [0.25, 0.3) is 0 Å². The van der Waals surface area contributed by atoms with Crippen LogP contribution >= 0.6 is 0 Å². The van der Waals surface area contributed by atoms with Crippen LogP contribution in [0.3, 0.4) is 0 Å². The summed E-state index contributed by atoms with van der Waals surface area (Å²) in [5, 5.41) is 0. The summed E-state index contributed by atoms with van der Waals surface area (Å²) in [6.45, 7) is 3.32. The molecule has 1 fully saturated rings. The predicted molar refractivity (Wildman–Crippen MR) is 80.7 cm³/mol. The fourth-order valence-corrected chi connectivity index (χ4v) is 2.73. The number of carbonyl (C=O) groups is 2. The summed E-state index contributed by atoms with van der Waals surface area (Å²) >= 11 is 0. The lowest BCUT2D eigenvalue weighted by molar-refractivity contribution is -0.151. The van der Waals surface area contributed by atoms with Gasteiger partial charge in [0.2, 0.25) is 5.91 Å². The molecule has 1 aliphatic rings. The number of ether oxygens (including phenoxy) is 1. The molecule has 1 aromatic carbocycles. The van der Waals surface area contributed by atoms with Crippen LogP contribution < -0.4 is 0 Å². The van der Waals surface area contributed by atoms with Gasteiger partial charge in [0.05, 0.1) is 12.5 Å². The average molecular weight is 307 g/mol. The maximum absolute atomic E-state index is 13.5. The third-order valence-electron chi connectivity index (χ3n) is 4.03. The van der Waals surface area contributed by atoms with Gasteiger partial charge < -0.3 is 9.64 Å². The lowest BCUT2D eigenvalue weighted by Gasteiger charge is -2.31. The van der Waals surface area contributed by atoms with E-state index in [-0.39, 0.29) is 23.6 Å². The Morgan fingerprint density at radius 3 is 2.59 bits per heavy atom. The molecule has 0 unspecified atom stereocenters. The smallest absolute Gasteiger partial charge is 0.309 e. The highest BCUT2D eigenvalue weighted by molar-refractivity contribution is 5.77. The van der Waals surface area contributed by atoms with Crippen LogP contribution in [0.25, 0.3) is 0 Å². The first-order chi connectivity index (χ1) is 10.6. The summed E-state index contributed by atoms with van der Waals surface area (Å²) in [5.41, 5.74) is 0.567. The number of halogens is 1. The normalized spacial score (nSPS) is 15.6. The fourth-order valence-electron chi connectivity index (χ4n) is 2.73. The standard InChI is InChI=1S/C17H22FNO3/c1-2-22-17(21)14-9-11-19(12-10-14)16(20)8-7-13-5-3-4-6-15(13)18/h3-6,14H,2,7-12H2,1H3. The van der Waals surface area contributed by atoms with Gasteiger partial charge in [0, 0.05) is 19.5 Å². The first-order valence-electron chi connectivity index (χ1n) is 7.79. The number of likely N-dealkylation sites (tertiary alicyclic amines) is 1. The van der Waals surface area contributed by atoms with Crippen LogP contribution in [0.4, 0.5) is 4.39 Å². The zero-order valence-corrected chi connectivity index (χ0v) is 12.9. The minimum absolute atomic E-state index is 0.0190. The molecule has 0 aromatic heterocycles. The molecule has 0 bridgehead atoms. The minimum Gasteiger partial charge on any atom is -0.466 e. The van der Waals surface area contributed by atoms with Crippen molar-refractivity contribution in [3.05, 3.63) is 35.6 Å². The second-order valence-electron chi connectivity index (χ2n) is 5.50. The van der Waals surface area contributed by atoms with Gasteiger partial charge in [-0.15, -0.1) is 0 Å². The van der Waals surface area contributed by atoms with Crippen LogP contribution in [-0.4, -0.2) is 36.5 Å². The molecule has 5 heteroatoms. The lowest BCUT2D eigenvalue weighted by atomic mass is 9.96. The van der Waals surface area contributed by atoms with E-state index in [0.717, 1.165) is 0 Å². The first kappa shape index (κ1) is 16.5. The highest BCUT2D eigenvalue weighted by atomic mass is 19.1. The minimum atomic E-state index is -0.267. The molecule has 1 amide bonds. The number of nitrogens with zero attached hydrogens (tertiary/aromatic N) is 1. The molecule has 1 aliphatic heterocycles. The van der Waals surface area contributed by atoms with Gasteiger partial charge in [-0.05, 0) is 37.8 Å². The Morgan fingerprint density at radius 2 is 1.95 bits per heavy atom. The molecule has 1 aromatic rings. The van der Waals surface area contributed by atoms with Crippen LogP contribution in [0, 0.1) is 11.7 Å². The largest absolute Gasteiger partial charge is 0.466 e. The van der Waals surface area contributed by atoms with Crippen molar-refractivity contribution in [2.24, 2.45) is 5.92 Å². The molecule has 22 heavy (non-hydrogen) atoms. The van der Waals surface area contributed by atoms with E-state index in [1.54, 1.807) is 30.0 Å². The van der Waals surface area contributed by atoms with Crippen molar-refractivity contribution >= 4 is 11.9 Å². The molecule has 120 valence electrons. The van der Waals surface area contributed by atoms with Crippen LogP contribution in [0.1, 0.15) is 31.7 Å². The maximum atomic E-state index is 13.5. The second-order valence-corrected chi connectivity index (χ2v) is 5.50. The summed E-state index contributed by atoms with van der Waals surface area (Å²) in [5.74, 6) is -0.515. The Balaban J connectivity index is 1.78. The van der Waals surface area contributed by atoms with Crippen molar-refractivity contribution in [2.45, 2.75) is 32.6 Å². The van der Waals surface area contributed by atoms with Gasteiger partial charge in [0.15, 0.2) is 0 Å². The van der Waals surface area contributed by atoms with E-state index in [1.165, 1.54) is 6.07 Å². The van der Waals surface area contributed by atoms with E-state index in [2.05, 4.69) is 0 Å². The lowest BCUT2D eigenvalue weighted by Crippen LogP contribution is -2.40. The average Bonchev–Trinajstić information content (AvgIpc) is 2.54. The molecule has 0 N–H and O–H groups in total. The van der Waals surface area contributed by atoms with Gasteiger partial charge in [-0.25, -0.2) is 4.39 Å². The highest BCUT2D eigenvalue weighted by Crippen LogP contribution is 2.20. The number of carbonyl (C=O) groups excluding carboxylic acids is 2. The number of aryl methyl sites for hydroxylation is 1. The van der Waals surface area contributed by atoms with Crippen molar-refractivity contribution in [3.63, 3.8) is 0 Å². The quantitative estimate of drug-likeness (QED) is 0.785. The number of hydrogen-bond acceptors (Lipinski definition) is 3. The summed E-state index contributed by atoms with van der Waals surface area (Å²) in [6.07, 6.45) is 1.99. The van der Waals surface area contributed by atoms with E-state index in [4.69, 9.17) is 4.74 Å². The maximum Gasteiger partial charge on any atom is 0.309 e. The molecule has 0 radical (unpaired) electrons. The zero-order chi connectivity index (χ0) is 15.9. The van der Waals surface area contributed by atoms with E-state index in [1.807, 2.05) is 0 Å². The van der Waals surface area contributed by atoms with E-state index in [9.17, 15) is 14.0 Å². The first-order valence-corrected chi connectivity index (χ1v) is 7.79. The molecule has 0 aliphatic carbocycles. The third-order valence-corrected chi connectivity index (χ3v) is 4.03. The SMILES string of the molecule is CCOC(=O)C1CCN(C(=O)CCc2ccccc2F)CC1. The molecule has 0 spiro atoms. The van der Waals surface area contributed by atoms with Crippen LogP contribution in [0.2, 0.25) is 0 Å². The van der Waals surface area contributed by atoms with Gasteiger partial charge in [-0.2, -0.15) is 0 Å². The van der Waals surface area contributed by atoms with Gasteiger partial charge in [0.1, 0.15) is 5.82 Å². The molecule has 0 atom stereocenters. The number of amides is 1. The molecular formula is C17H22FNO3. The Kier molecular flexibility index (Phi) is 5.92. The number of esters is 1. The van der Waals surface area contributed by atoms with Crippen molar-refractivity contribution in [1.82, 2.24) is 4.90 Å². The molecule has 2 rings (SSSR count). The van der Waals surface area contributed by atoms with Crippen molar-refractivity contribution in [2.75, 3.05) is 19.7 Å².